The first-order chi connectivity index (χ1) is 6.56. The van der Waals surface area contributed by atoms with Crippen LogP contribution in [0.3, 0.4) is 0 Å². The van der Waals surface area contributed by atoms with E-state index in [2.05, 4.69) is 0 Å². The van der Waals surface area contributed by atoms with E-state index in [0.717, 1.165) is 0 Å². The van der Waals surface area contributed by atoms with Crippen molar-refractivity contribution in [2.24, 2.45) is 5.73 Å². The largest absolute Gasteiger partial charge is 0.478 e. The van der Waals surface area contributed by atoms with Gasteiger partial charge in [-0.25, -0.2) is 9.18 Å². The Morgan fingerprint density at radius 2 is 2.21 bits per heavy atom. The van der Waals surface area contributed by atoms with Gasteiger partial charge in [-0.15, -0.1) is 0 Å². The Bertz CT molecular complexity index is 363. The molecular formula is C10H12FNO2. The number of carboxylic acids is 1. The number of rotatable bonds is 3. The predicted octanol–water partition coefficient (Wildman–Crippen LogP) is 1.33. The van der Waals surface area contributed by atoms with Crippen LogP contribution in [-0.4, -0.2) is 17.6 Å². The number of halogens is 1. The van der Waals surface area contributed by atoms with Crippen LogP contribution in [-0.2, 0) is 6.42 Å². The predicted molar refractivity (Wildman–Crippen MR) is 50.9 cm³/mol. The van der Waals surface area contributed by atoms with Crippen LogP contribution in [0.2, 0.25) is 0 Å². The van der Waals surface area contributed by atoms with Gasteiger partial charge in [0.2, 0.25) is 0 Å². The van der Waals surface area contributed by atoms with E-state index in [1.165, 1.54) is 19.1 Å². The van der Waals surface area contributed by atoms with Gasteiger partial charge in [-0.1, -0.05) is 0 Å². The van der Waals surface area contributed by atoms with E-state index in [0.29, 0.717) is 18.5 Å². The minimum atomic E-state index is -1.11. The zero-order valence-corrected chi connectivity index (χ0v) is 7.88. The van der Waals surface area contributed by atoms with Crippen molar-refractivity contribution >= 4 is 5.97 Å². The molecule has 3 nitrogen and oxygen atoms in total. The molecule has 0 unspecified atom stereocenters. The fourth-order valence-corrected chi connectivity index (χ4v) is 1.27. The van der Waals surface area contributed by atoms with Crippen LogP contribution < -0.4 is 5.73 Å². The van der Waals surface area contributed by atoms with Gasteiger partial charge in [0.05, 0.1) is 5.56 Å². The lowest BCUT2D eigenvalue weighted by Gasteiger charge is -2.05. The standard InChI is InChI=1S/C10H12FNO2/c1-6-8(10(13)14)4-7(2-3-12)5-9(6)11/h4-5H,2-3,12H2,1H3,(H,13,14). The first-order valence-electron chi connectivity index (χ1n) is 4.28. The molecule has 0 aliphatic heterocycles. The van der Waals surface area contributed by atoms with Gasteiger partial charge in [-0.2, -0.15) is 0 Å². The topological polar surface area (TPSA) is 63.3 Å². The second-order valence-electron chi connectivity index (χ2n) is 3.09. The van der Waals surface area contributed by atoms with E-state index in [1.807, 2.05) is 0 Å². The van der Waals surface area contributed by atoms with Gasteiger partial charge in [-0.3, -0.25) is 0 Å². The molecule has 0 fully saturated rings. The maximum atomic E-state index is 13.2. The van der Waals surface area contributed by atoms with Gasteiger partial charge in [0.25, 0.3) is 0 Å². The minimum absolute atomic E-state index is 0.00782. The molecule has 0 radical (unpaired) electrons. The molecule has 1 aromatic rings. The summed E-state index contributed by atoms with van der Waals surface area (Å²) >= 11 is 0. The minimum Gasteiger partial charge on any atom is -0.478 e. The van der Waals surface area contributed by atoms with E-state index in [4.69, 9.17) is 10.8 Å². The maximum absolute atomic E-state index is 13.2. The van der Waals surface area contributed by atoms with Crippen LogP contribution in [0.25, 0.3) is 0 Å². The molecule has 4 heteroatoms. The van der Waals surface area contributed by atoms with Crippen LogP contribution in [0, 0.1) is 12.7 Å². The van der Waals surface area contributed by atoms with Gasteiger partial charge in [0.15, 0.2) is 0 Å². The molecule has 1 aromatic carbocycles. The van der Waals surface area contributed by atoms with E-state index < -0.39 is 11.8 Å². The normalized spacial score (nSPS) is 10.2. The van der Waals surface area contributed by atoms with Crippen molar-refractivity contribution in [3.63, 3.8) is 0 Å². The molecule has 0 saturated heterocycles. The number of benzene rings is 1. The van der Waals surface area contributed by atoms with Crippen molar-refractivity contribution in [2.75, 3.05) is 6.54 Å². The monoisotopic (exact) mass is 197 g/mol. The Morgan fingerprint density at radius 1 is 1.57 bits per heavy atom. The molecular weight excluding hydrogens is 185 g/mol. The van der Waals surface area contributed by atoms with Gasteiger partial charge in [0.1, 0.15) is 5.82 Å². The third-order valence-corrected chi connectivity index (χ3v) is 2.07. The molecule has 0 aromatic heterocycles. The molecule has 0 atom stereocenters. The van der Waals surface area contributed by atoms with Crippen molar-refractivity contribution < 1.29 is 14.3 Å². The number of hydrogen-bond donors (Lipinski definition) is 2. The zero-order valence-electron chi connectivity index (χ0n) is 7.88. The number of carboxylic acid groups (broad SMARTS) is 1. The van der Waals surface area contributed by atoms with E-state index in [-0.39, 0.29) is 11.1 Å². The van der Waals surface area contributed by atoms with Crippen LogP contribution in [0.1, 0.15) is 21.5 Å². The molecule has 1 rings (SSSR count). The summed E-state index contributed by atoms with van der Waals surface area (Å²) in [5.74, 6) is -1.60. The van der Waals surface area contributed by atoms with Gasteiger partial charge >= 0.3 is 5.97 Å². The average Bonchev–Trinajstić information content (AvgIpc) is 2.11. The lowest BCUT2D eigenvalue weighted by Crippen LogP contribution is -2.07. The van der Waals surface area contributed by atoms with Crippen LogP contribution >= 0.6 is 0 Å². The van der Waals surface area contributed by atoms with Crippen LogP contribution in [0.15, 0.2) is 12.1 Å². The van der Waals surface area contributed by atoms with Gasteiger partial charge < -0.3 is 10.8 Å². The van der Waals surface area contributed by atoms with Crippen molar-refractivity contribution in [3.8, 4) is 0 Å². The van der Waals surface area contributed by atoms with E-state index >= 15 is 0 Å². The zero-order chi connectivity index (χ0) is 10.7. The quantitative estimate of drug-likeness (QED) is 0.768. The summed E-state index contributed by atoms with van der Waals surface area (Å²) in [6, 6.07) is 2.79. The lowest BCUT2D eigenvalue weighted by atomic mass is 10.0. The molecule has 0 saturated carbocycles. The Morgan fingerprint density at radius 3 is 2.71 bits per heavy atom. The smallest absolute Gasteiger partial charge is 0.336 e. The molecule has 0 aliphatic carbocycles. The molecule has 0 amide bonds. The Hall–Kier alpha value is -1.42. The second-order valence-corrected chi connectivity index (χ2v) is 3.09. The Labute approximate surface area is 81.4 Å². The Balaban J connectivity index is 3.21. The highest BCUT2D eigenvalue weighted by molar-refractivity contribution is 5.89. The Kier molecular flexibility index (Phi) is 3.19. The first kappa shape index (κ1) is 10.7. The molecule has 76 valence electrons. The summed E-state index contributed by atoms with van der Waals surface area (Å²) in [7, 11) is 0. The molecule has 0 spiro atoms. The third-order valence-electron chi connectivity index (χ3n) is 2.07. The third kappa shape index (κ3) is 2.09. The fourth-order valence-electron chi connectivity index (χ4n) is 1.27. The van der Waals surface area contributed by atoms with Gasteiger partial charge in [-0.05, 0) is 43.1 Å². The summed E-state index contributed by atoms with van der Waals surface area (Å²) < 4.78 is 13.2. The molecule has 0 aliphatic rings. The summed E-state index contributed by atoms with van der Waals surface area (Å²) in [5, 5.41) is 8.78. The van der Waals surface area contributed by atoms with Crippen molar-refractivity contribution in [1.29, 1.82) is 0 Å². The van der Waals surface area contributed by atoms with Crippen LogP contribution in [0.4, 0.5) is 4.39 Å². The van der Waals surface area contributed by atoms with E-state index in [1.54, 1.807) is 0 Å². The number of nitrogens with two attached hydrogens (primary N) is 1. The van der Waals surface area contributed by atoms with Gasteiger partial charge in [0, 0.05) is 0 Å². The van der Waals surface area contributed by atoms with E-state index in [9.17, 15) is 9.18 Å². The number of aromatic carboxylic acids is 1. The number of hydrogen-bond acceptors (Lipinski definition) is 2. The summed E-state index contributed by atoms with van der Waals surface area (Å²) in [4.78, 5) is 10.7. The van der Waals surface area contributed by atoms with Crippen molar-refractivity contribution in [3.05, 3.63) is 34.6 Å². The summed E-state index contributed by atoms with van der Waals surface area (Å²) in [5.41, 5.74) is 6.10. The molecule has 0 bridgehead atoms. The second kappa shape index (κ2) is 4.19. The molecule has 3 N–H and O–H groups in total. The highest BCUT2D eigenvalue weighted by Gasteiger charge is 2.12. The van der Waals surface area contributed by atoms with Crippen LogP contribution in [0.5, 0.6) is 0 Å². The summed E-state index contributed by atoms with van der Waals surface area (Å²) in [6.45, 7) is 1.83. The highest BCUT2D eigenvalue weighted by atomic mass is 19.1. The highest BCUT2D eigenvalue weighted by Crippen LogP contribution is 2.16. The molecule has 0 heterocycles. The summed E-state index contributed by atoms with van der Waals surface area (Å²) in [6.07, 6.45) is 0.484. The maximum Gasteiger partial charge on any atom is 0.336 e. The lowest BCUT2D eigenvalue weighted by molar-refractivity contribution is 0.0695. The SMILES string of the molecule is Cc1c(F)cc(CCN)cc1C(=O)O. The fraction of sp³-hybridized carbons (Fsp3) is 0.300. The number of carbonyl (C=O) groups is 1. The molecule has 14 heavy (non-hydrogen) atoms. The van der Waals surface area contributed by atoms with Crippen molar-refractivity contribution in [1.82, 2.24) is 0 Å². The average molecular weight is 197 g/mol. The van der Waals surface area contributed by atoms with Crippen molar-refractivity contribution in [2.45, 2.75) is 13.3 Å². The first-order valence-corrected chi connectivity index (χ1v) is 4.28.